The average molecular weight is 703 g/mol. The molecule has 1 aliphatic rings. The van der Waals surface area contributed by atoms with E-state index < -0.39 is 5.41 Å². The van der Waals surface area contributed by atoms with Crippen molar-refractivity contribution < 1.29 is 0 Å². The van der Waals surface area contributed by atoms with Crippen LogP contribution in [0.2, 0.25) is 0 Å². The maximum Gasteiger partial charge on any atom is 0.164 e. The molecular formula is C51H34N4. The van der Waals surface area contributed by atoms with Gasteiger partial charge in [0.1, 0.15) is 0 Å². The minimum atomic E-state index is -0.600. The van der Waals surface area contributed by atoms with E-state index in [9.17, 15) is 0 Å². The average Bonchev–Trinajstić information content (AvgIpc) is 3.57. The zero-order chi connectivity index (χ0) is 36.6. The number of benzene rings is 7. The van der Waals surface area contributed by atoms with Gasteiger partial charge in [0.25, 0.3) is 0 Å². The SMILES string of the molecule is c1ccc(-c2ccc(-c3nc(-c4ccccc4)nc(-c4ccc5c(c4)C(c4ccccc4)(c4ccccc4)c4cc(-c6ccncc6)ccc4-5)n3)cc2)cc1. The summed E-state index contributed by atoms with van der Waals surface area (Å²) in [6.45, 7) is 0. The van der Waals surface area contributed by atoms with Gasteiger partial charge < -0.3 is 0 Å². The molecule has 0 spiro atoms. The Morgan fingerprint density at radius 1 is 0.291 bits per heavy atom. The maximum absolute atomic E-state index is 5.20. The minimum absolute atomic E-state index is 0.600. The molecule has 0 saturated carbocycles. The second kappa shape index (κ2) is 13.6. The molecule has 9 aromatic rings. The fourth-order valence-electron chi connectivity index (χ4n) is 8.14. The van der Waals surface area contributed by atoms with Crippen molar-refractivity contribution in [2.45, 2.75) is 5.41 Å². The van der Waals surface area contributed by atoms with Gasteiger partial charge in [0.05, 0.1) is 5.41 Å². The Morgan fingerprint density at radius 3 is 1.20 bits per heavy atom. The van der Waals surface area contributed by atoms with Crippen molar-refractivity contribution in [3.05, 3.63) is 229 Å². The molecule has 10 rings (SSSR count). The second-order valence-electron chi connectivity index (χ2n) is 13.9. The third kappa shape index (κ3) is 5.63. The molecule has 0 aliphatic heterocycles. The van der Waals surface area contributed by atoms with Crippen LogP contribution in [0.3, 0.4) is 0 Å². The summed E-state index contributed by atoms with van der Waals surface area (Å²) in [5.41, 5.74) is 14.0. The normalized spacial score (nSPS) is 12.5. The summed E-state index contributed by atoms with van der Waals surface area (Å²) in [4.78, 5) is 19.7. The lowest BCUT2D eigenvalue weighted by Crippen LogP contribution is -2.28. The van der Waals surface area contributed by atoms with Gasteiger partial charge >= 0.3 is 0 Å². The highest BCUT2D eigenvalue weighted by atomic mass is 15.0. The topological polar surface area (TPSA) is 51.6 Å². The predicted octanol–water partition coefficient (Wildman–Crippen LogP) is 12.0. The molecule has 0 radical (unpaired) electrons. The van der Waals surface area contributed by atoms with Gasteiger partial charge in [0, 0.05) is 29.1 Å². The fourth-order valence-corrected chi connectivity index (χ4v) is 8.14. The highest BCUT2D eigenvalue weighted by Crippen LogP contribution is 2.57. The van der Waals surface area contributed by atoms with Crippen LogP contribution in [0.1, 0.15) is 22.3 Å². The van der Waals surface area contributed by atoms with Gasteiger partial charge in [-0.1, -0.05) is 170 Å². The number of rotatable bonds is 7. The van der Waals surface area contributed by atoms with Gasteiger partial charge in [0.15, 0.2) is 17.5 Å². The molecule has 0 unspecified atom stereocenters. The largest absolute Gasteiger partial charge is 0.265 e. The zero-order valence-corrected chi connectivity index (χ0v) is 29.9. The molecule has 2 heterocycles. The van der Waals surface area contributed by atoms with Crippen LogP contribution in [0.5, 0.6) is 0 Å². The van der Waals surface area contributed by atoms with E-state index in [-0.39, 0.29) is 0 Å². The van der Waals surface area contributed by atoms with E-state index in [1.807, 2.05) is 36.7 Å². The highest BCUT2D eigenvalue weighted by molar-refractivity contribution is 5.90. The number of pyridine rings is 1. The molecule has 4 nitrogen and oxygen atoms in total. The van der Waals surface area contributed by atoms with Gasteiger partial charge in [-0.15, -0.1) is 0 Å². The molecule has 258 valence electrons. The summed E-state index contributed by atoms with van der Waals surface area (Å²) in [7, 11) is 0. The Labute approximate surface area is 320 Å². The van der Waals surface area contributed by atoms with Crippen molar-refractivity contribution in [1.29, 1.82) is 0 Å². The van der Waals surface area contributed by atoms with Crippen LogP contribution in [0.25, 0.3) is 67.5 Å². The van der Waals surface area contributed by atoms with E-state index in [1.165, 1.54) is 38.9 Å². The first-order valence-corrected chi connectivity index (χ1v) is 18.5. The second-order valence-corrected chi connectivity index (χ2v) is 13.9. The summed E-state index contributed by atoms with van der Waals surface area (Å²) in [6, 6.07) is 68.6. The minimum Gasteiger partial charge on any atom is -0.265 e. The zero-order valence-electron chi connectivity index (χ0n) is 29.9. The standard InChI is InChI=1S/C51H34N4/c1-5-13-35(14-6-1)36-21-23-39(24-22-36)49-53-48(38-15-7-2-8-16-38)54-50(55-49)41-26-28-45-44-27-25-40(37-29-31-52-32-30-37)33-46(44)51(47(45)34-41,42-17-9-3-10-18-42)43-19-11-4-12-20-43/h1-34H. The van der Waals surface area contributed by atoms with E-state index in [1.54, 1.807) is 0 Å². The molecule has 0 amide bonds. The van der Waals surface area contributed by atoms with Gasteiger partial charge in [0.2, 0.25) is 0 Å². The van der Waals surface area contributed by atoms with Crippen LogP contribution in [0.15, 0.2) is 207 Å². The van der Waals surface area contributed by atoms with Crippen molar-refractivity contribution in [3.63, 3.8) is 0 Å². The Kier molecular flexibility index (Phi) is 8.00. The molecule has 0 fully saturated rings. The third-order valence-electron chi connectivity index (χ3n) is 10.7. The Bertz CT molecular complexity index is 2730. The molecule has 7 aromatic carbocycles. The molecule has 0 bridgehead atoms. The summed E-state index contributed by atoms with van der Waals surface area (Å²) < 4.78 is 0. The van der Waals surface area contributed by atoms with Gasteiger partial charge in [-0.25, -0.2) is 15.0 Å². The smallest absolute Gasteiger partial charge is 0.164 e. The number of nitrogens with zero attached hydrogens (tertiary/aromatic N) is 4. The van der Waals surface area contributed by atoms with Crippen LogP contribution >= 0.6 is 0 Å². The molecule has 4 heteroatoms. The summed E-state index contributed by atoms with van der Waals surface area (Å²) in [6.07, 6.45) is 3.71. The first-order chi connectivity index (χ1) is 27.3. The van der Waals surface area contributed by atoms with Gasteiger partial charge in [-0.3, -0.25) is 4.98 Å². The quantitative estimate of drug-likeness (QED) is 0.166. The molecule has 0 atom stereocenters. The van der Waals surface area contributed by atoms with Crippen molar-refractivity contribution >= 4 is 0 Å². The maximum atomic E-state index is 5.20. The number of aromatic nitrogens is 4. The van der Waals surface area contributed by atoms with Gasteiger partial charge in [-0.2, -0.15) is 0 Å². The molecular weight excluding hydrogens is 669 g/mol. The van der Waals surface area contributed by atoms with E-state index >= 15 is 0 Å². The Balaban J connectivity index is 1.19. The lowest BCUT2D eigenvalue weighted by atomic mass is 9.67. The van der Waals surface area contributed by atoms with E-state index in [4.69, 9.17) is 15.0 Å². The van der Waals surface area contributed by atoms with Crippen LogP contribution in [0.4, 0.5) is 0 Å². The summed E-state index contributed by atoms with van der Waals surface area (Å²) >= 11 is 0. The molecule has 0 saturated heterocycles. The molecule has 1 aliphatic carbocycles. The van der Waals surface area contributed by atoms with Crippen molar-refractivity contribution in [3.8, 4) is 67.5 Å². The van der Waals surface area contributed by atoms with E-state index in [0.717, 1.165) is 33.4 Å². The van der Waals surface area contributed by atoms with Crippen LogP contribution in [0, 0.1) is 0 Å². The summed E-state index contributed by atoms with van der Waals surface area (Å²) in [5.74, 6) is 1.89. The van der Waals surface area contributed by atoms with E-state index in [0.29, 0.717) is 17.5 Å². The Morgan fingerprint density at radius 2 is 0.655 bits per heavy atom. The first-order valence-electron chi connectivity index (χ1n) is 18.5. The monoisotopic (exact) mass is 702 g/mol. The van der Waals surface area contributed by atoms with Gasteiger partial charge in [-0.05, 0) is 79.9 Å². The van der Waals surface area contributed by atoms with Crippen LogP contribution in [-0.2, 0) is 5.41 Å². The predicted molar refractivity (Wildman–Crippen MR) is 222 cm³/mol. The van der Waals surface area contributed by atoms with E-state index in [2.05, 4.69) is 175 Å². The molecule has 0 N–H and O–H groups in total. The third-order valence-corrected chi connectivity index (χ3v) is 10.7. The molecule has 2 aromatic heterocycles. The van der Waals surface area contributed by atoms with Crippen LogP contribution < -0.4 is 0 Å². The number of hydrogen-bond donors (Lipinski definition) is 0. The highest BCUT2D eigenvalue weighted by Gasteiger charge is 2.46. The van der Waals surface area contributed by atoms with Crippen molar-refractivity contribution in [1.82, 2.24) is 19.9 Å². The first kappa shape index (κ1) is 32.4. The molecule has 55 heavy (non-hydrogen) atoms. The fraction of sp³-hybridized carbons (Fsp3) is 0.0196. The number of fused-ring (bicyclic) bond motifs is 3. The summed E-state index contributed by atoms with van der Waals surface area (Å²) in [5, 5.41) is 0. The Hall–Kier alpha value is -7.30. The lowest BCUT2D eigenvalue weighted by molar-refractivity contribution is 0.769. The number of hydrogen-bond acceptors (Lipinski definition) is 4. The lowest BCUT2D eigenvalue weighted by Gasteiger charge is -2.34. The van der Waals surface area contributed by atoms with Crippen molar-refractivity contribution in [2.75, 3.05) is 0 Å². The van der Waals surface area contributed by atoms with Crippen molar-refractivity contribution in [2.24, 2.45) is 0 Å². The van der Waals surface area contributed by atoms with Crippen LogP contribution in [-0.4, -0.2) is 19.9 Å².